The molecule has 28 heavy (non-hydrogen) atoms. The molecule has 0 radical (unpaired) electrons. The molecule has 1 atom stereocenters. The molecule has 0 aromatic rings. The van der Waals surface area contributed by atoms with Crippen LogP contribution in [0.3, 0.4) is 0 Å². The van der Waals surface area contributed by atoms with Crippen LogP contribution in [0.15, 0.2) is 4.99 Å². The van der Waals surface area contributed by atoms with E-state index in [1.54, 1.807) is 0 Å². The highest BCUT2D eigenvalue weighted by Gasteiger charge is 2.28. The number of nitrogens with one attached hydrogen (secondary N) is 2. The van der Waals surface area contributed by atoms with Gasteiger partial charge in [0.05, 0.1) is 19.8 Å². The fourth-order valence-electron chi connectivity index (χ4n) is 4.04. The maximum absolute atomic E-state index is 5.48. The molecule has 2 fully saturated rings. The molecule has 2 N–H and O–H groups in total. The van der Waals surface area contributed by atoms with Crippen LogP contribution in [-0.4, -0.2) is 86.9 Å². The minimum atomic E-state index is 0. The van der Waals surface area contributed by atoms with Gasteiger partial charge in [0.2, 0.25) is 0 Å². The van der Waals surface area contributed by atoms with Gasteiger partial charge >= 0.3 is 0 Å². The van der Waals surface area contributed by atoms with Gasteiger partial charge in [0.1, 0.15) is 0 Å². The molecule has 2 rings (SSSR count). The SMILES string of the molecule is CCNC(=NCC(C)(C)N1CCOCC1)NCCCCN1CCCC(C)C1.I. The lowest BCUT2D eigenvalue weighted by atomic mass is 10.0. The Kier molecular flexibility index (Phi) is 12.9. The van der Waals surface area contributed by atoms with E-state index in [9.17, 15) is 0 Å². The van der Waals surface area contributed by atoms with Crippen molar-refractivity contribution in [3.05, 3.63) is 0 Å². The quantitative estimate of drug-likeness (QED) is 0.217. The molecule has 166 valence electrons. The fourth-order valence-corrected chi connectivity index (χ4v) is 4.04. The number of morpholine rings is 1. The van der Waals surface area contributed by atoms with Crippen molar-refractivity contribution >= 4 is 29.9 Å². The lowest BCUT2D eigenvalue weighted by molar-refractivity contribution is -0.00683. The summed E-state index contributed by atoms with van der Waals surface area (Å²) < 4.78 is 5.48. The van der Waals surface area contributed by atoms with E-state index in [4.69, 9.17) is 9.73 Å². The summed E-state index contributed by atoms with van der Waals surface area (Å²) >= 11 is 0. The van der Waals surface area contributed by atoms with E-state index in [1.807, 2.05) is 0 Å². The zero-order valence-electron chi connectivity index (χ0n) is 18.6. The van der Waals surface area contributed by atoms with Gasteiger partial charge in [0.15, 0.2) is 5.96 Å². The highest BCUT2D eigenvalue weighted by Crippen LogP contribution is 2.17. The number of guanidine groups is 1. The number of ether oxygens (including phenoxy) is 1. The fraction of sp³-hybridized carbons (Fsp3) is 0.952. The molecule has 2 aliphatic rings. The third kappa shape index (κ3) is 9.59. The molecule has 0 aromatic carbocycles. The molecule has 0 aliphatic carbocycles. The van der Waals surface area contributed by atoms with Gasteiger partial charge < -0.3 is 20.3 Å². The van der Waals surface area contributed by atoms with Gasteiger partial charge in [-0.2, -0.15) is 0 Å². The Morgan fingerprint density at radius 1 is 1.14 bits per heavy atom. The summed E-state index contributed by atoms with van der Waals surface area (Å²) in [6.45, 7) is 19.3. The summed E-state index contributed by atoms with van der Waals surface area (Å²) in [5.41, 5.74) is 0.0666. The van der Waals surface area contributed by atoms with E-state index >= 15 is 0 Å². The van der Waals surface area contributed by atoms with Crippen molar-refractivity contribution in [2.24, 2.45) is 10.9 Å². The summed E-state index contributed by atoms with van der Waals surface area (Å²) in [7, 11) is 0. The Hall–Kier alpha value is -0.120. The zero-order valence-corrected chi connectivity index (χ0v) is 21.0. The number of aliphatic imine (C=N–C) groups is 1. The van der Waals surface area contributed by atoms with E-state index in [-0.39, 0.29) is 29.5 Å². The Bertz CT molecular complexity index is 441. The summed E-state index contributed by atoms with van der Waals surface area (Å²) in [5.74, 6) is 1.82. The number of piperidine rings is 1. The molecule has 6 nitrogen and oxygen atoms in total. The van der Waals surface area contributed by atoms with Crippen molar-refractivity contribution in [3.63, 3.8) is 0 Å². The zero-order chi connectivity index (χ0) is 19.5. The Morgan fingerprint density at radius 3 is 2.57 bits per heavy atom. The van der Waals surface area contributed by atoms with E-state index in [0.29, 0.717) is 0 Å². The van der Waals surface area contributed by atoms with Gasteiger partial charge in [-0.1, -0.05) is 6.92 Å². The lowest BCUT2D eigenvalue weighted by Gasteiger charge is -2.39. The van der Waals surface area contributed by atoms with Crippen LogP contribution in [0.5, 0.6) is 0 Å². The summed E-state index contributed by atoms with van der Waals surface area (Å²) in [6.07, 6.45) is 5.23. The van der Waals surface area contributed by atoms with Crippen molar-refractivity contribution in [1.82, 2.24) is 20.4 Å². The molecule has 0 bridgehead atoms. The Labute approximate surface area is 190 Å². The number of halogens is 1. The van der Waals surface area contributed by atoms with Crippen LogP contribution >= 0.6 is 24.0 Å². The molecule has 7 heteroatoms. The van der Waals surface area contributed by atoms with Crippen molar-refractivity contribution in [3.8, 4) is 0 Å². The first kappa shape index (κ1) is 25.9. The van der Waals surface area contributed by atoms with Gasteiger partial charge in [0.25, 0.3) is 0 Å². The van der Waals surface area contributed by atoms with Gasteiger partial charge in [-0.15, -0.1) is 24.0 Å². The highest BCUT2D eigenvalue weighted by atomic mass is 127. The summed E-state index contributed by atoms with van der Waals surface area (Å²) in [5, 5.41) is 6.91. The average Bonchev–Trinajstić information content (AvgIpc) is 2.66. The van der Waals surface area contributed by atoms with Crippen LogP contribution in [0.4, 0.5) is 0 Å². The molecule has 1 unspecified atom stereocenters. The molecule has 2 saturated heterocycles. The number of hydrogen-bond donors (Lipinski definition) is 2. The van der Waals surface area contributed by atoms with Gasteiger partial charge in [0, 0.05) is 38.3 Å². The predicted octanol–water partition coefficient (Wildman–Crippen LogP) is 2.78. The Balaban J connectivity index is 0.00000392. The molecule has 0 spiro atoms. The summed E-state index contributed by atoms with van der Waals surface area (Å²) in [4.78, 5) is 9.99. The van der Waals surface area contributed by atoms with E-state index < -0.39 is 0 Å². The first-order valence-electron chi connectivity index (χ1n) is 11.1. The number of unbranched alkanes of at least 4 members (excludes halogenated alkanes) is 1. The molecular formula is C21H44IN5O. The molecular weight excluding hydrogens is 465 g/mol. The second-order valence-electron chi connectivity index (χ2n) is 8.79. The topological polar surface area (TPSA) is 52.1 Å². The van der Waals surface area contributed by atoms with Crippen LogP contribution in [0, 0.1) is 5.92 Å². The van der Waals surface area contributed by atoms with Crippen LogP contribution in [-0.2, 0) is 4.74 Å². The van der Waals surface area contributed by atoms with Gasteiger partial charge in [-0.05, 0) is 65.5 Å². The molecule has 0 amide bonds. The predicted molar refractivity (Wildman–Crippen MR) is 130 cm³/mol. The molecule has 0 saturated carbocycles. The second kappa shape index (κ2) is 14.0. The summed E-state index contributed by atoms with van der Waals surface area (Å²) in [6, 6.07) is 0. The maximum Gasteiger partial charge on any atom is 0.191 e. The van der Waals surface area contributed by atoms with Gasteiger partial charge in [-0.3, -0.25) is 9.89 Å². The molecule has 2 aliphatic heterocycles. The van der Waals surface area contributed by atoms with Crippen molar-refractivity contribution in [1.29, 1.82) is 0 Å². The molecule has 2 heterocycles. The van der Waals surface area contributed by atoms with Crippen LogP contribution < -0.4 is 10.6 Å². The van der Waals surface area contributed by atoms with Crippen molar-refractivity contribution in [2.45, 2.75) is 58.9 Å². The largest absolute Gasteiger partial charge is 0.379 e. The van der Waals surface area contributed by atoms with E-state index in [0.717, 1.165) is 57.8 Å². The number of hydrogen-bond acceptors (Lipinski definition) is 4. The lowest BCUT2D eigenvalue weighted by Crippen LogP contribution is -2.52. The van der Waals surface area contributed by atoms with Crippen molar-refractivity contribution in [2.75, 3.05) is 65.6 Å². The normalized spacial score (nSPS) is 22.6. The number of rotatable bonds is 9. The standard InChI is InChI=1S/C21H43N5O.HI/c1-5-22-20(24-18-21(3,4)26-13-15-27-16-14-26)23-10-6-7-11-25-12-8-9-19(2)17-25;/h19H,5-18H2,1-4H3,(H2,22,23,24);1H. The van der Waals surface area contributed by atoms with Crippen LogP contribution in [0.2, 0.25) is 0 Å². The third-order valence-corrected chi connectivity index (χ3v) is 5.77. The second-order valence-corrected chi connectivity index (χ2v) is 8.79. The van der Waals surface area contributed by atoms with Crippen LogP contribution in [0.25, 0.3) is 0 Å². The van der Waals surface area contributed by atoms with Gasteiger partial charge in [-0.25, -0.2) is 0 Å². The van der Waals surface area contributed by atoms with E-state index in [1.165, 1.54) is 45.3 Å². The smallest absolute Gasteiger partial charge is 0.191 e. The monoisotopic (exact) mass is 509 g/mol. The number of nitrogens with zero attached hydrogens (tertiary/aromatic N) is 3. The Morgan fingerprint density at radius 2 is 1.89 bits per heavy atom. The highest BCUT2D eigenvalue weighted by molar-refractivity contribution is 14.0. The first-order valence-corrected chi connectivity index (χ1v) is 11.1. The maximum atomic E-state index is 5.48. The number of likely N-dealkylation sites (tertiary alicyclic amines) is 1. The average molecular weight is 510 g/mol. The van der Waals surface area contributed by atoms with E-state index in [2.05, 4.69) is 48.1 Å². The third-order valence-electron chi connectivity index (χ3n) is 5.77. The van der Waals surface area contributed by atoms with Crippen LogP contribution in [0.1, 0.15) is 53.4 Å². The molecule has 0 aromatic heterocycles. The minimum Gasteiger partial charge on any atom is -0.379 e. The van der Waals surface area contributed by atoms with Crippen molar-refractivity contribution < 1.29 is 4.74 Å². The first-order chi connectivity index (χ1) is 13.0. The minimum absolute atomic E-state index is 0.